The fourth-order valence-corrected chi connectivity index (χ4v) is 3.56. The number of carbonyl (C=O) groups excluding carboxylic acids is 2. The Balaban J connectivity index is 1.95. The molecule has 0 radical (unpaired) electrons. The maximum atomic E-state index is 12.6. The Bertz CT molecular complexity index is 925. The largest absolute Gasteiger partial charge is 0.338 e. The monoisotopic (exact) mass is 410 g/mol. The number of thioether (sulfide) groups is 1. The van der Waals surface area contributed by atoms with Crippen LogP contribution in [0, 0.1) is 0 Å². The third-order valence-electron chi connectivity index (χ3n) is 4.63. The molecule has 152 valence electrons. The van der Waals surface area contributed by atoms with Crippen molar-refractivity contribution >= 4 is 35.1 Å². The summed E-state index contributed by atoms with van der Waals surface area (Å²) in [6.07, 6.45) is 4.00. The van der Waals surface area contributed by atoms with Crippen LogP contribution in [0.2, 0.25) is 0 Å². The molecule has 0 aliphatic carbocycles. The fraction of sp³-hybridized carbons (Fsp3) is 0.318. The van der Waals surface area contributed by atoms with E-state index in [1.54, 1.807) is 11.8 Å². The first-order valence-electron chi connectivity index (χ1n) is 9.71. The number of amides is 3. The number of hydrazone groups is 1. The van der Waals surface area contributed by atoms with Crippen molar-refractivity contribution in [3.8, 4) is 0 Å². The molecule has 3 rings (SSSR count). The lowest BCUT2D eigenvalue weighted by molar-refractivity contribution is -0.114. The number of fused-ring (bicyclic) bond motifs is 1. The Morgan fingerprint density at radius 3 is 2.59 bits per heavy atom. The van der Waals surface area contributed by atoms with Gasteiger partial charge < -0.3 is 10.6 Å². The van der Waals surface area contributed by atoms with Crippen molar-refractivity contribution in [2.75, 3.05) is 18.1 Å². The normalized spacial score (nSPS) is 12.8. The van der Waals surface area contributed by atoms with E-state index < -0.39 is 0 Å². The molecule has 29 heavy (non-hydrogen) atoms. The van der Waals surface area contributed by atoms with E-state index in [1.807, 2.05) is 30.5 Å². The number of nitrogens with one attached hydrogen (secondary N) is 2. The molecule has 0 bridgehead atoms. The first-order valence-corrected chi connectivity index (χ1v) is 10.9. The van der Waals surface area contributed by atoms with Gasteiger partial charge in [0.15, 0.2) is 0 Å². The summed E-state index contributed by atoms with van der Waals surface area (Å²) in [4.78, 5) is 25.0. The number of anilines is 1. The first-order chi connectivity index (χ1) is 14.0. The summed E-state index contributed by atoms with van der Waals surface area (Å²) in [5.74, 6) is -0.113. The van der Waals surface area contributed by atoms with Crippen molar-refractivity contribution in [3.63, 3.8) is 0 Å². The van der Waals surface area contributed by atoms with Crippen LogP contribution in [0.5, 0.6) is 0 Å². The van der Waals surface area contributed by atoms with Crippen molar-refractivity contribution in [1.82, 2.24) is 10.3 Å². The van der Waals surface area contributed by atoms with Crippen LogP contribution in [-0.2, 0) is 11.3 Å². The van der Waals surface area contributed by atoms with Crippen LogP contribution in [0.4, 0.5) is 10.5 Å². The van der Waals surface area contributed by atoms with E-state index in [2.05, 4.69) is 40.9 Å². The fourth-order valence-electron chi connectivity index (χ4n) is 3.12. The second-order valence-electron chi connectivity index (χ2n) is 6.87. The summed E-state index contributed by atoms with van der Waals surface area (Å²) >= 11 is 1.67. The predicted octanol–water partition coefficient (Wildman–Crippen LogP) is 4.44. The molecule has 0 saturated carbocycles. The van der Waals surface area contributed by atoms with Crippen LogP contribution >= 0.6 is 11.8 Å². The van der Waals surface area contributed by atoms with Gasteiger partial charge in [-0.05, 0) is 42.5 Å². The standard InChI is InChI=1S/C22H26N4O2S/c1-4-5-12-23-22(28)26-14-17-8-11-19(29-3)13-20(17)21(25-26)16-6-9-18(10-7-16)24-15(2)27/h6-11,13H,4-5,12,14H2,1-3H3,(H,23,28)(H,24,27). The average Bonchev–Trinajstić information content (AvgIpc) is 2.72. The molecule has 0 aromatic heterocycles. The minimum Gasteiger partial charge on any atom is -0.336 e. The van der Waals surface area contributed by atoms with Gasteiger partial charge in [0.25, 0.3) is 0 Å². The lowest BCUT2D eigenvalue weighted by Gasteiger charge is -2.27. The van der Waals surface area contributed by atoms with E-state index in [4.69, 9.17) is 0 Å². The molecule has 0 spiro atoms. The smallest absolute Gasteiger partial charge is 0.336 e. The molecule has 3 amide bonds. The second-order valence-corrected chi connectivity index (χ2v) is 7.75. The van der Waals surface area contributed by atoms with Crippen molar-refractivity contribution in [2.24, 2.45) is 5.10 Å². The third-order valence-corrected chi connectivity index (χ3v) is 5.36. The maximum Gasteiger partial charge on any atom is 0.338 e. The van der Waals surface area contributed by atoms with Crippen LogP contribution in [0.1, 0.15) is 43.4 Å². The van der Waals surface area contributed by atoms with Crippen molar-refractivity contribution in [2.45, 2.75) is 38.1 Å². The van der Waals surface area contributed by atoms with Gasteiger partial charge in [-0.2, -0.15) is 5.10 Å². The molecule has 0 saturated heterocycles. The third kappa shape index (κ3) is 5.17. The lowest BCUT2D eigenvalue weighted by atomic mass is 9.96. The second kappa shape index (κ2) is 9.60. The molecule has 2 aromatic rings. The predicted molar refractivity (Wildman–Crippen MR) is 118 cm³/mol. The van der Waals surface area contributed by atoms with Gasteiger partial charge in [0.1, 0.15) is 0 Å². The van der Waals surface area contributed by atoms with E-state index in [9.17, 15) is 9.59 Å². The Morgan fingerprint density at radius 2 is 1.93 bits per heavy atom. The highest BCUT2D eigenvalue weighted by Crippen LogP contribution is 2.27. The first kappa shape index (κ1) is 20.9. The summed E-state index contributed by atoms with van der Waals surface area (Å²) in [6.45, 7) is 4.65. The Morgan fingerprint density at radius 1 is 1.17 bits per heavy atom. The number of carbonyl (C=O) groups is 2. The van der Waals surface area contributed by atoms with Gasteiger partial charge in [0, 0.05) is 35.2 Å². The molecular weight excluding hydrogens is 384 g/mol. The van der Waals surface area contributed by atoms with E-state index in [0.29, 0.717) is 13.1 Å². The zero-order valence-electron chi connectivity index (χ0n) is 17.0. The number of benzene rings is 2. The quantitative estimate of drug-likeness (QED) is 0.546. The van der Waals surface area contributed by atoms with Crippen molar-refractivity contribution in [3.05, 3.63) is 59.2 Å². The number of hydrogen-bond acceptors (Lipinski definition) is 4. The Kier molecular flexibility index (Phi) is 6.93. The van der Waals surface area contributed by atoms with Crippen LogP contribution in [-0.4, -0.2) is 35.5 Å². The SMILES string of the molecule is CCCCNC(=O)N1Cc2ccc(SC)cc2C(c2ccc(NC(C)=O)cc2)=N1. The van der Waals surface area contributed by atoms with Gasteiger partial charge in [0.2, 0.25) is 5.91 Å². The van der Waals surface area contributed by atoms with Crippen molar-refractivity contribution in [1.29, 1.82) is 0 Å². The number of unbranched alkanes of at least 4 members (excludes halogenated alkanes) is 1. The van der Waals surface area contributed by atoms with Crippen LogP contribution < -0.4 is 10.6 Å². The number of urea groups is 1. The van der Waals surface area contributed by atoms with Gasteiger partial charge in [0.05, 0.1) is 12.3 Å². The summed E-state index contributed by atoms with van der Waals surface area (Å²) < 4.78 is 0. The minimum atomic E-state index is -0.189. The molecule has 0 unspecified atom stereocenters. The summed E-state index contributed by atoms with van der Waals surface area (Å²) in [5.41, 5.74) is 4.46. The Labute approximate surface area is 175 Å². The summed E-state index contributed by atoms with van der Waals surface area (Å²) in [7, 11) is 0. The highest BCUT2D eigenvalue weighted by molar-refractivity contribution is 7.98. The highest BCUT2D eigenvalue weighted by Gasteiger charge is 2.24. The molecule has 6 nitrogen and oxygen atoms in total. The number of rotatable bonds is 6. The van der Waals surface area contributed by atoms with Crippen molar-refractivity contribution < 1.29 is 9.59 Å². The molecule has 2 aromatic carbocycles. The Hall–Kier alpha value is -2.80. The minimum absolute atomic E-state index is 0.113. The van der Waals surface area contributed by atoms with Crippen LogP contribution in [0.25, 0.3) is 0 Å². The molecule has 7 heteroatoms. The van der Waals surface area contributed by atoms with E-state index in [0.717, 1.165) is 45.8 Å². The van der Waals surface area contributed by atoms with E-state index in [1.165, 1.54) is 11.9 Å². The molecule has 0 fully saturated rings. The number of hydrogen-bond donors (Lipinski definition) is 2. The molecule has 2 N–H and O–H groups in total. The van der Waals surface area contributed by atoms with Gasteiger partial charge in [-0.15, -0.1) is 11.8 Å². The van der Waals surface area contributed by atoms with E-state index in [-0.39, 0.29) is 11.9 Å². The van der Waals surface area contributed by atoms with Gasteiger partial charge >= 0.3 is 6.03 Å². The summed E-state index contributed by atoms with van der Waals surface area (Å²) in [5, 5.41) is 11.9. The highest BCUT2D eigenvalue weighted by atomic mass is 32.2. The molecule has 1 aliphatic heterocycles. The van der Waals surface area contributed by atoms with E-state index >= 15 is 0 Å². The van der Waals surface area contributed by atoms with Gasteiger partial charge in [-0.3, -0.25) is 4.79 Å². The van der Waals surface area contributed by atoms with Gasteiger partial charge in [-0.1, -0.05) is 31.5 Å². The lowest BCUT2D eigenvalue weighted by Crippen LogP contribution is -2.39. The molecular formula is C22H26N4O2S. The zero-order chi connectivity index (χ0) is 20.8. The molecule has 1 aliphatic rings. The molecule has 1 heterocycles. The molecule has 0 atom stereocenters. The van der Waals surface area contributed by atoms with Crippen LogP contribution in [0.15, 0.2) is 52.5 Å². The average molecular weight is 411 g/mol. The maximum absolute atomic E-state index is 12.6. The zero-order valence-corrected chi connectivity index (χ0v) is 17.8. The topological polar surface area (TPSA) is 73.8 Å². The summed E-state index contributed by atoms with van der Waals surface area (Å²) in [6, 6.07) is 13.6. The van der Waals surface area contributed by atoms with Gasteiger partial charge in [-0.25, -0.2) is 9.80 Å². The van der Waals surface area contributed by atoms with Crippen LogP contribution in [0.3, 0.4) is 0 Å². The number of nitrogens with zero attached hydrogens (tertiary/aromatic N) is 2.